The first kappa shape index (κ1) is 15.5. The van der Waals surface area contributed by atoms with Crippen LogP contribution in [0, 0.1) is 5.92 Å². The summed E-state index contributed by atoms with van der Waals surface area (Å²) in [7, 11) is 0. The summed E-state index contributed by atoms with van der Waals surface area (Å²) >= 11 is 0. The smallest absolute Gasteiger partial charge is 0.165 e. The number of piperidine rings is 1. The van der Waals surface area contributed by atoms with Gasteiger partial charge in [-0.1, -0.05) is 37.5 Å². The Balaban J connectivity index is 1.51. The Morgan fingerprint density at radius 2 is 1.96 bits per heavy atom. The third kappa shape index (κ3) is 1.77. The molecule has 1 aromatic rings. The summed E-state index contributed by atoms with van der Waals surface area (Å²) in [6.07, 6.45) is 12.2. The highest BCUT2D eigenvalue weighted by molar-refractivity contribution is 5.61. The van der Waals surface area contributed by atoms with E-state index in [1.165, 1.54) is 43.2 Å². The molecule has 5 aliphatic rings. The summed E-state index contributed by atoms with van der Waals surface area (Å²) in [6.45, 7) is 1.08. The number of rotatable bonds is 1. The lowest BCUT2D eigenvalue weighted by molar-refractivity contribution is -0.0666. The first-order valence-electron chi connectivity index (χ1n) is 10.3. The minimum Gasteiger partial charge on any atom is -0.504 e. The normalized spacial score (nSPS) is 41.0. The summed E-state index contributed by atoms with van der Waals surface area (Å²) in [5.74, 6) is 1.25. The van der Waals surface area contributed by atoms with Crippen LogP contribution in [-0.2, 0) is 11.8 Å². The molecule has 2 fully saturated rings. The number of aliphatic hydroxyl groups excluding tert-OH is 1. The van der Waals surface area contributed by atoms with Crippen LogP contribution in [-0.4, -0.2) is 45.9 Å². The number of aromatic hydroxyl groups is 1. The Morgan fingerprint density at radius 3 is 2.81 bits per heavy atom. The number of hydrogen-bond acceptors (Lipinski definition) is 4. The van der Waals surface area contributed by atoms with Crippen molar-refractivity contribution in [2.45, 2.75) is 74.7 Å². The van der Waals surface area contributed by atoms with Crippen molar-refractivity contribution < 1.29 is 14.9 Å². The van der Waals surface area contributed by atoms with Crippen LogP contribution in [0.4, 0.5) is 0 Å². The molecule has 1 aromatic carbocycles. The molecule has 0 unspecified atom stereocenters. The highest BCUT2D eigenvalue weighted by Crippen LogP contribution is 2.62. The average Bonchev–Trinajstić information content (AvgIpc) is 3.01. The van der Waals surface area contributed by atoms with Crippen LogP contribution < -0.4 is 4.74 Å². The Labute approximate surface area is 154 Å². The summed E-state index contributed by atoms with van der Waals surface area (Å²) < 4.78 is 6.23. The fraction of sp³-hybridized carbons (Fsp3) is 0.636. The summed E-state index contributed by atoms with van der Waals surface area (Å²) in [6, 6.07) is 5.08. The lowest BCUT2D eigenvalue weighted by atomic mass is 9.53. The summed E-state index contributed by atoms with van der Waals surface area (Å²) in [5, 5.41) is 21.1. The number of ether oxygens (including phenoxy) is 1. The number of phenols is 1. The van der Waals surface area contributed by atoms with Crippen molar-refractivity contribution in [3.8, 4) is 11.5 Å². The SMILES string of the molecule is Oc1ccc2c3c1O[C@H]1[C@@H](O)C=C[C@H]4[C@@H](C2)N(C2CCCCC2)CC[C@@]341. The highest BCUT2D eigenvalue weighted by Gasteiger charge is 2.64. The second kappa shape index (κ2) is 5.26. The van der Waals surface area contributed by atoms with Crippen LogP contribution in [0.15, 0.2) is 24.3 Å². The van der Waals surface area contributed by atoms with Gasteiger partial charge in [0.2, 0.25) is 0 Å². The number of likely N-dealkylation sites (tertiary alicyclic amines) is 1. The largest absolute Gasteiger partial charge is 0.504 e. The van der Waals surface area contributed by atoms with E-state index in [9.17, 15) is 10.2 Å². The third-order valence-corrected chi connectivity index (χ3v) is 7.96. The van der Waals surface area contributed by atoms with Crippen molar-refractivity contribution in [1.82, 2.24) is 4.90 Å². The Hall–Kier alpha value is -1.52. The van der Waals surface area contributed by atoms with E-state index < -0.39 is 6.10 Å². The molecule has 2 N–H and O–H groups in total. The molecule has 0 radical (unpaired) electrons. The molecule has 0 aromatic heterocycles. The lowest BCUT2D eigenvalue weighted by Crippen LogP contribution is -2.67. The number of hydrogen-bond donors (Lipinski definition) is 2. The monoisotopic (exact) mass is 353 g/mol. The molecular weight excluding hydrogens is 326 g/mol. The molecule has 26 heavy (non-hydrogen) atoms. The maximum absolute atomic E-state index is 10.7. The predicted molar refractivity (Wildman–Crippen MR) is 98.5 cm³/mol. The molecule has 2 heterocycles. The van der Waals surface area contributed by atoms with Gasteiger partial charge in [0, 0.05) is 29.0 Å². The van der Waals surface area contributed by atoms with Crippen molar-refractivity contribution in [3.05, 3.63) is 35.4 Å². The minimum atomic E-state index is -0.592. The fourth-order valence-corrected chi connectivity index (χ4v) is 6.95. The van der Waals surface area contributed by atoms with Gasteiger partial charge in [0.15, 0.2) is 11.5 Å². The van der Waals surface area contributed by atoms with E-state index in [-0.39, 0.29) is 17.3 Å². The van der Waals surface area contributed by atoms with Gasteiger partial charge in [-0.15, -0.1) is 0 Å². The number of phenolic OH excluding ortho intramolecular Hbond substituents is 1. The van der Waals surface area contributed by atoms with E-state index in [2.05, 4.69) is 17.0 Å². The quantitative estimate of drug-likeness (QED) is 0.763. The Kier molecular flexibility index (Phi) is 3.14. The number of aliphatic hydroxyl groups is 1. The minimum absolute atomic E-state index is 0.161. The van der Waals surface area contributed by atoms with E-state index in [4.69, 9.17) is 4.74 Å². The topological polar surface area (TPSA) is 52.9 Å². The van der Waals surface area contributed by atoms with Crippen molar-refractivity contribution >= 4 is 0 Å². The zero-order valence-corrected chi connectivity index (χ0v) is 15.1. The van der Waals surface area contributed by atoms with Crippen molar-refractivity contribution in [2.24, 2.45) is 5.92 Å². The maximum Gasteiger partial charge on any atom is 0.165 e. The van der Waals surface area contributed by atoms with Gasteiger partial charge in [-0.05, 0) is 43.9 Å². The van der Waals surface area contributed by atoms with E-state index in [0.717, 1.165) is 19.4 Å². The summed E-state index contributed by atoms with van der Waals surface area (Å²) in [5.41, 5.74) is 2.37. The molecule has 1 saturated heterocycles. The van der Waals surface area contributed by atoms with Gasteiger partial charge < -0.3 is 14.9 Å². The van der Waals surface area contributed by atoms with E-state index in [0.29, 0.717) is 23.8 Å². The van der Waals surface area contributed by atoms with Crippen LogP contribution in [0.5, 0.6) is 11.5 Å². The van der Waals surface area contributed by atoms with Crippen molar-refractivity contribution in [1.29, 1.82) is 0 Å². The zero-order valence-electron chi connectivity index (χ0n) is 15.1. The molecule has 4 heteroatoms. The van der Waals surface area contributed by atoms with Gasteiger partial charge in [-0.2, -0.15) is 0 Å². The molecular formula is C22H27NO3. The standard InChI is InChI=1S/C22H27NO3/c24-17-8-6-13-12-16-15-7-9-18(25)21-22(15,19(13)20(17)26-21)10-11-23(16)14-4-2-1-3-5-14/h6-9,14-16,18,21,24-25H,1-5,10-12H2/t15-,16+,18-,21-,22-/m0/s1. The zero-order chi connectivity index (χ0) is 17.5. The van der Waals surface area contributed by atoms with Crippen LogP contribution in [0.25, 0.3) is 0 Å². The van der Waals surface area contributed by atoms with Gasteiger partial charge in [0.05, 0.1) is 0 Å². The summed E-state index contributed by atoms with van der Waals surface area (Å²) in [4.78, 5) is 2.79. The molecule has 138 valence electrons. The van der Waals surface area contributed by atoms with Crippen LogP contribution >= 0.6 is 0 Å². The molecule has 1 spiro atoms. The van der Waals surface area contributed by atoms with Crippen molar-refractivity contribution in [3.63, 3.8) is 0 Å². The van der Waals surface area contributed by atoms with E-state index in [1.807, 2.05) is 6.08 Å². The fourth-order valence-electron chi connectivity index (χ4n) is 6.95. The molecule has 3 aliphatic carbocycles. The first-order valence-corrected chi connectivity index (χ1v) is 10.3. The Morgan fingerprint density at radius 1 is 1.12 bits per heavy atom. The second-order valence-electron chi connectivity index (χ2n) is 8.98. The molecule has 1 saturated carbocycles. The number of nitrogens with zero attached hydrogens (tertiary/aromatic N) is 1. The lowest BCUT2D eigenvalue weighted by Gasteiger charge is -2.59. The van der Waals surface area contributed by atoms with Crippen LogP contribution in [0.1, 0.15) is 49.7 Å². The first-order chi connectivity index (χ1) is 12.7. The number of benzene rings is 1. The van der Waals surface area contributed by atoms with Crippen LogP contribution in [0.3, 0.4) is 0 Å². The molecule has 2 aliphatic heterocycles. The molecule has 5 atom stereocenters. The van der Waals surface area contributed by atoms with Gasteiger partial charge in [0.25, 0.3) is 0 Å². The van der Waals surface area contributed by atoms with E-state index in [1.54, 1.807) is 6.07 Å². The molecule has 0 amide bonds. The molecule has 4 nitrogen and oxygen atoms in total. The molecule has 6 rings (SSSR count). The highest BCUT2D eigenvalue weighted by atomic mass is 16.5. The average molecular weight is 353 g/mol. The van der Waals surface area contributed by atoms with E-state index >= 15 is 0 Å². The predicted octanol–water partition coefficient (Wildman–Crippen LogP) is 2.90. The van der Waals surface area contributed by atoms with Gasteiger partial charge in [-0.25, -0.2) is 0 Å². The van der Waals surface area contributed by atoms with Crippen molar-refractivity contribution in [2.75, 3.05) is 6.54 Å². The van der Waals surface area contributed by atoms with Gasteiger partial charge >= 0.3 is 0 Å². The van der Waals surface area contributed by atoms with Crippen LogP contribution in [0.2, 0.25) is 0 Å². The molecule has 2 bridgehead atoms. The third-order valence-electron chi connectivity index (χ3n) is 7.96. The van der Waals surface area contributed by atoms with Gasteiger partial charge in [-0.3, -0.25) is 4.90 Å². The second-order valence-corrected chi connectivity index (χ2v) is 8.98. The van der Waals surface area contributed by atoms with Gasteiger partial charge in [0.1, 0.15) is 12.2 Å². The maximum atomic E-state index is 10.7. The Bertz CT molecular complexity index is 784.